The van der Waals surface area contributed by atoms with Crippen molar-refractivity contribution < 1.29 is 12.8 Å². The fourth-order valence-electron chi connectivity index (χ4n) is 1.17. The summed E-state index contributed by atoms with van der Waals surface area (Å²) in [6.07, 6.45) is 1.08. The van der Waals surface area contributed by atoms with Gasteiger partial charge in [-0.15, -0.1) is 0 Å². The summed E-state index contributed by atoms with van der Waals surface area (Å²) >= 11 is 0. The Bertz CT molecular complexity index is 461. The van der Waals surface area contributed by atoms with E-state index in [4.69, 9.17) is 0 Å². The number of sulfone groups is 1. The quantitative estimate of drug-likeness (QED) is 0.756. The fourth-order valence-corrected chi connectivity index (χ4v) is 1.93. The number of halogens is 1. The van der Waals surface area contributed by atoms with E-state index in [1.165, 1.54) is 6.07 Å². The Labute approximate surface area is 83.0 Å². The molecule has 0 heterocycles. The molecule has 0 bridgehead atoms. The molecule has 14 heavy (non-hydrogen) atoms. The minimum atomic E-state index is -3.22. The van der Waals surface area contributed by atoms with Crippen LogP contribution in [0.25, 0.3) is 5.57 Å². The van der Waals surface area contributed by atoms with Gasteiger partial charge in [-0.2, -0.15) is 0 Å². The first-order chi connectivity index (χ1) is 6.40. The molecule has 1 aromatic rings. The fraction of sp³-hybridized carbons (Fsp3) is 0.200. The van der Waals surface area contributed by atoms with Crippen LogP contribution in [0.3, 0.4) is 0 Å². The maximum atomic E-state index is 13.2. The molecule has 1 aromatic carbocycles. The maximum absolute atomic E-state index is 13.2. The minimum absolute atomic E-state index is 0.318. The molecule has 0 fully saturated rings. The lowest BCUT2D eigenvalue weighted by molar-refractivity contribution is 0.610. The third-order valence-corrected chi connectivity index (χ3v) is 2.47. The summed E-state index contributed by atoms with van der Waals surface area (Å²) in [5.74, 6) is -0.412. The predicted octanol–water partition coefficient (Wildman–Crippen LogP) is 2.23. The molecule has 0 aliphatic carbocycles. The van der Waals surface area contributed by atoms with Crippen molar-refractivity contribution in [1.29, 1.82) is 0 Å². The smallest absolute Gasteiger partial charge is 0.169 e. The molecule has 4 heteroatoms. The summed E-state index contributed by atoms with van der Waals surface area (Å²) in [4.78, 5) is 0. The van der Waals surface area contributed by atoms with Gasteiger partial charge in [-0.3, -0.25) is 0 Å². The van der Waals surface area contributed by atoms with Gasteiger partial charge in [0.05, 0.1) is 0 Å². The average molecular weight is 214 g/mol. The highest BCUT2D eigenvalue weighted by atomic mass is 32.2. The van der Waals surface area contributed by atoms with Gasteiger partial charge in [0, 0.05) is 17.2 Å². The van der Waals surface area contributed by atoms with E-state index in [-0.39, 0.29) is 0 Å². The van der Waals surface area contributed by atoms with Gasteiger partial charge in [0.25, 0.3) is 0 Å². The van der Waals surface area contributed by atoms with Crippen molar-refractivity contribution in [2.75, 3.05) is 6.26 Å². The molecule has 0 aliphatic heterocycles. The molecule has 0 saturated heterocycles. The van der Waals surface area contributed by atoms with Crippen molar-refractivity contribution in [1.82, 2.24) is 0 Å². The molecule has 0 aromatic heterocycles. The first-order valence-corrected chi connectivity index (χ1v) is 5.99. The molecular formula is C10H11FO2S. The van der Waals surface area contributed by atoms with E-state index in [1.54, 1.807) is 25.1 Å². The molecular weight excluding hydrogens is 203 g/mol. The second-order valence-electron chi connectivity index (χ2n) is 3.11. The van der Waals surface area contributed by atoms with Gasteiger partial charge in [0.1, 0.15) is 5.82 Å². The van der Waals surface area contributed by atoms with Gasteiger partial charge >= 0.3 is 0 Å². The highest BCUT2D eigenvalue weighted by molar-refractivity contribution is 7.93. The first kappa shape index (κ1) is 10.9. The van der Waals surface area contributed by atoms with Crippen molar-refractivity contribution in [3.63, 3.8) is 0 Å². The van der Waals surface area contributed by atoms with E-state index >= 15 is 0 Å². The Morgan fingerprint density at radius 2 is 1.93 bits per heavy atom. The normalized spacial score (nSPS) is 12.9. The number of allylic oxidation sites excluding steroid dienone is 1. The highest BCUT2D eigenvalue weighted by Gasteiger charge is 2.05. The van der Waals surface area contributed by atoms with E-state index < -0.39 is 15.7 Å². The van der Waals surface area contributed by atoms with Gasteiger partial charge in [-0.05, 0) is 18.6 Å². The summed E-state index contributed by atoms with van der Waals surface area (Å²) in [5, 5.41) is 1.06. The minimum Gasteiger partial charge on any atom is -0.225 e. The van der Waals surface area contributed by atoms with Crippen molar-refractivity contribution >= 4 is 15.4 Å². The Morgan fingerprint density at radius 3 is 2.43 bits per heavy atom. The zero-order valence-corrected chi connectivity index (χ0v) is 8.81. The standard InChI is InChI=1S/C10H11FO2S/c1-8(7-14(2,12)13)9-5-3-4-6-10(9)11/h3-7H,1-2H3/b8-7-. The molecule has 76 valence electrons. The molecule has 0 N–H and O–H groups in total. The van der Waals surface area contributed by atoms with Crippen LogP contribution in [0.4, 0.5) is 4.39 Å². The zero-order chi connectivity index (χ0) is 10.8. The van der Waals surface area contributed by atoms with Crippen molar-refractivity contribution in [2.45, 2.75) is 6.92 Å². The van der Waals surface area contributed by atoms with Crippen LogP contribution in [-0.4, -0.2) is 14.7 Å². The molecule has 0 amide bonds. The second kappa shape index (κ2) is 3.92. The predicted molar refractivity (Wildman–Crippen MR) is 54.9 cm³/mol. The Morgan fingerprint density at radius 1 is 1.36 bits per heavy atom. The molecule has 1 rings (SSSR count). The van der Waals surface area contributed by atoms with Crippen LogP contribution in [0.5, 0.6) is 0 Å². The van der Waals surface area contributed by atoms with Gasteiger partial charge in [0.2, 0.25) is 0 Å². The number of benzene rings is 1. The van der Waals surface area contributed by atoms with Crippen LogP contribution in [-0.2, 0) is 9.84 Å². The van der Waals surface area contributed by atoms with E-state index in [9.17, 15) is 12.8 Å². The van der Waals surface area contributed by atoms with E-state index in [2.05, 4.69) is 0 Å². The van der Waals surface area contributed by atoms with Crippen LogP contribution in [0.15, 0.2) is 29.7 Å². The summed E-state index contributed by atoms with van der Waals surface area (Å²) in [6, 6.07) is 6.08. The van der Waals surface area contributed by atoms with Crippen molar-refractivity contribution in [2.24, 2.45) is 0 Å². The molecule has 0 aliphatic rings. The van der Waals surface area contributed by atoms with E-state index in [1.807, 2.05) is 0 Å². The molecule has 0 atom stereocenters. The Kier molecular flexibility index (Phi) is 3.06. The van der Waals surface area contributed by atoms with Gasteiger partial charge in [-0.25, -0.2) is 12.8 Å². The van der Waals surface area contributed by atoms with Crippen LogP contribution in [0, 0.1) is 5.82 Å². The lowest BCUT2D eigenvalue weighted by Crippen LogP contribution is -1.93. The van der Waals surface area contributed by atoms with Crippen LogP contribution in [0.2, 0.25) is 0 Å². The molecule has 0 unspecified atom stereocenters. The van der Waals surface area contributed by atoms with Gasteiger partial charge < -0.3 is 0 Å². The largest absolute Gasteiger partial charge is 0.225 e. The van der Waals surface area contributed by atoms with Crippen molar-refractivity contribution in [3.05, 3.63) is 41.1 Å². The van der Waals surface area contributed by atoms with E-state index in [0.717, 1.165) is 11.7 Å². The molecule has 0 radical (unpaired) electrons. The number of hydrogen-bond acceptors (Lipinski definition) is 2. The monoisotopic (exact) mass is 214 g/mol. The molecule has 0 spiro atoms. The lowest BCUT2D eigenvalue weighted by Gasteiger charge is -2.01. The summed E-state index contributed by atoms with van der Waals surface area (Å²) in [5.41, 5.74) is 0.725. The SMILES string of the molecule is C/C(=C/S(C)(=O)=O)c1ccccc1F. The van der Waals surface area contributed by atoms with Crippen LogP contribution < -0.4 is 0 Å². The van der Waals surface area contributed by atoms with Gasteiger partial charge in [-0.1, -0.05) is 18.2 Å². The average Bonchev–Trinajstić information content (AvgIpc) is 2.01. The van der Waals surface area contributed by atoms with E-state index in [0.29, 0.717) is 11.1 Å². The summed E-state index contributed by atoms with van der Waals surface area (Å²) < 4.78 is 35.0. The summed E-state index contributed by atoms with van der Waals surface area (Å²) in [7, 11) is -3.22. The third-order valence-electron chi connectivity index (χ3n) is 1.69. The zero-order valence-electron chi connectivity index (χ0n) is 7.99. The van der Waals surface area contributed by atoms with Crippen LogP contribution in [0.1, 0.15) is 12.5 Å². The van der Waals surface area contributed by atoms with Gasteiger partial charge in [0.15, 0.2) is 9.84 Å². The van der Waals surface area contributed by atoms with Crippen molar-refractivity contribution in [3.8, 4) is 0 Å². The lowest BCUT2D eigenvalue weighted by atomic mass is 10.1. The third kappa shape index (κ3) is 2.96. The number of hydrogen-bond donors (Lipinski definition) is 0. The first-order valence-electron chi connectivity index (χ1n) is 4.03. The highest BCUT2D eigenvalue weighted by Crippen LogP contribution is 2.17. The number of rotatable bonds is 2. The second-order valence-corrected chi connectivity index (χ2v) is 5.00. The van der Waals surface area contributed by atoms with Crippen LogP contribution >= 0.6 is 0 Å². The molecule has 2 nitrogen and oxygen atoms in total. The summed E-state index contributed by atoms with van der Waals surface area (Å²) in [6.45, 7) is 1.57. The topological polar surface area (TPSA) is 34.1 Å². The molecule has 0 saturated carbocycles. The Hall–Kier alpha value is -1.16. The maximum Gasteiger partial charge on any atom is 0.169 e. The Balaban J connectivity index is 3.20.